The van der Waals surface area contributed by atoms with Gasteiger partial charge in [-0.05, 0) is 37.5 Å². The summed E-state index contributed by atoms with van der Waals surface area (Å²) in [6.45, 7) is 3.27. The lowest BCUT2D eigenvalue weighted by Crippen LogP contribution is -2.26. The predicted molar refractivity (Wildman–Crippen MR) is 81.9 cm³/mol. The highest BCUT2D eigenvalue weighted by Gasteiger charge is 2.17. The summed E-state index contributed by atoms with van der Waals surface area (Å²) in [7, 11) is 1.57. The summed E-state index contributed by atoms with van der Waals surface area (Å²) >= 11 is 0. The number of amides is 1. The predicted octanol–water partition coefficient (Wildman–Crippen LogP) is 1.86. The number of hydrogen-bond acceptors (Lipinski definition) is 4. The molecule has 1 aliphatic heterocycles. The van der Waals surface area contributed by atoms with Crippen molar-refractivity contribution >= 4 is 5.91 Å². The Bertz CT molecular complexity index is 693. The van der Waals surface area contributed by atoms with E-state index < -0.39 is 0 Å². The first-order valence-corrected chi connectivity index (χ1v) is 7.53. The molecule has 0 atom stereocenters. The van der Waals surface area contributed by atoms with Crippen LogP contribution in [-0.2, 0) is 19.5 Å². The number of methoxy groups -OCH3 is 1. The zero-order valence-electron chi connectivity index (χ0n) is 12.9. The van der Waals surface area contributed by atoms with E-state index >= 15 is 0 Å². The first-order chi connectivity index (χ1) is 10.7. The maximum Gasteiger partial charge on any atom is 0.255 e. The van der Waals surface area contributed by atoms with Crippen molar-refractivity contribution in [3.05, 3.63) is 41.0 Å². The van der Waals surface area contributed by atoms with Crippen LogP contribution in [0.15, 0.2) is 18.2 Å². The molecule has 2 aromatic rings. The molecule has 0 radical (unpaired) electrons. The number of carbonyl (C=O) groups excluding carboxylic acids is 1. The van der Waals surface area contributed by atoms with Crippen LogP contribution >= 0.6 is 0 Å². The summed E-state index contributed by atoms with van der Waals surface area (Å²) < 4.78 is 7.39. The Morgan fingerprint density at radius 3 is 3.05 bits per heavy atom. The molecule has 0 spiro atoms. The first kappa shape index (κ1) is 14.6. The van der Waals surface area contributed by atoms with E-state index in [1.165, 1.54) is 0 Å². The molecular formula is C16H20N4O2. The number of aryl methyl sites for hydroxylation is 2. The van der Waals surface area contributed by atoms with Gasteiger partial charge in [-0.15, -0.1) is 10.2 Å². The van der Waals surface area contributed by atoms with E-state index in [9.17, 15) is 4.79 Å². The highest BCUT2D eigenvalue weighted by Crippen LogP contribution is 2.20. The highest BCUT2D eigenvalue weighted by molar-refractivity contribution is 5.96. The van der Waals surface area contributed by atoms with Gasteiger partial charge in [0, 0.05) is 13.0 Å². The molecule has 0 unspecified atom stereocenters. The molecule has 0 saturated carbocycles. The largest absolute Gasteiger partial charge is 0.496 e. The van der Waals surface area contributed by atoms with Gasteiger partial charge in [0.05, 0.1) is 19.2 Å². The van der Waals surface area contributed by atoms with E-state index in [0.29, 0.717) is 17.9 Å². The molecule has 6 nitrogen and oxygen atoms in total. The van der Waals surface area contributed by atoms with Crippen molar-refractivity contribution in [1.82, 2.24) is 20.1 Å². The number of rotatable bonds is 4. The van der Waals surface area contributed by atoms with Gasteiger partial charge in [-0.3, -0.25) is 4.79 Å². The smallest absolute Gasteiger partial charge is 0.255 e. The van der Waals surface area contributed by atoms with Crippen LogP contribution in [0.1, 0.15) is 40.4 Å². The Morgan fingerprint density at radius 1 is 1.36 bits per heavy atom. The number of benzene rings is 1. The fraction of sp³-hybridized carbons (Fsp3) is 0.438. The lowest BCUT2D eigenvalue weighted by molar-refractivity contribution is 0.0946. The van der Waals surface area contributed by atoms with Crippen LogP contribution in [0.5, 0.6) is 5.75 Å². The fourth-order valence-electron chi connectivity index (χ4n) is 2.74. The minimum absolute atomic E-state index is 0.162. The van der Waals surface area contributed by atoms with Gasteiger partial charge < -0.3 is 14.6 Å². The molecule has 1 aliphatic rings. The molecular weight excluding hydrogens is 280 g/mol. The molecule has 1 N–H and O–H groups in total. The van der Waals surface area contributed by atoms with E-state index in [2.05, 4.69) is 20.1 Å². The number of hydrogen-bond donors (Lipinski definition) is 1. The van der Waals surface area contributed by atoms with Crippen LogP contribution in [-0.4, -0.2) is 27.8 Å². The highest BCUT2D eigenvalue weighted by atomic mass is 16.5. The number of ether oxygens (including phenoxy) is 1. The third kappa shape index (κ3) is 2.81. The molecule has 2 heterocycles. The Morgan fingerprint density at radius 2 is 2.23 bits per heavy atom. The van der Waals surface area contributed by atoms with Gasteiger partial charge in [-0.2, -0.15) is 0 Å². The van der Waals surface area contributed by atoms with E-state index in [0.717, 1.165) is 43.0 Å². The molecule has 1 aromatic heterocycles. The molecule has 22 heavy (non-hydrogen) atoms. The first-order valence-electron chi connectivity index (χ1n) is 7.53. The second-order valence-electron chi connectivity index (χ2n) is 5.53. The van der Waals surface area contributed by atoms with Gasteiger partial charge in [0.1, 0.15) is 11.6 Å². The van der Waals surface area contributed by atoms with Crippen molar-refractivity contribution in [3.63, 3.8) is 0 Å². The van der Waals surface area contributed by atoms with Crippen LogP contribution < -0.4 is 10.1 Å². The number of fused-ring (bicyclic) bond motifs is 1. The molecule has 3 rings (SSSR count). The van der Waals surface area contributed by atoms with Crippen LogP contribution in [0.4, 0.5) is 0 Å². The standard InChI is InChI=1S/C16H20N4O2/c1-11-6-7-12(13(9-11)22-2)16(21)17-10-15-19-18-14-5-3-4-8-20(14)15/h6-7,9H,3-5,8,10H2,1-2H3,(H,17,21). The number of nitrogens with one attached hydrogen (secondary N) is 1. The van der Waals surface area contributed by atoms with Crippen LogP contribution in [0.2, 0.25) is 0 Å². The van der Waals surface area contributed by atoms with E-state index in [1.54, 1.807) is 13.2 Å². The zero-order valence-corrected chi connectivity index (χ0v) is 12.9. The van der Waals surface area contributed by atoms with E-state index in [1.807, 2.05) is 19.1 Å². The maximum absolute atomic E-state index is 12.4. The average molecular weight is 300 g/mol. The van der Waals surface area contributed by atoms with Gasteiger partial charge in [0.15, 0.2) is 5.82 Å². The summed E-state index contributed by atoms with van der Waals surface area (Å²) in [6.07, 6.45) is 3.26. The third-order valence-electron chi connectivity index (χ3n) is 3.94. The Hall–Kier alpha value is -2.37. The summed E-state index contributed by atoms with van der Waals surface area (Å²) in [5.74, 6) is 2.25. The minimum Gasteiger partial charge on any atom is -0.496 e. The quantitative estimate of drug-likeness (QED) is 0.936. The normalized spacial score (nSPS) is 13.5. The Labute approximate surface area is 129 Å². The molecule has 1 amide bonds. The van der Waals surface area contributed by atoms with Crippen molar-refractivity contribution in [3.8, 4) is 5.75 Å². The van der Waals surface area contributed by atoms with Gasteiger partial charge in [-0.1, -0.05) is 6.07 Å². The summed E-state index contributed by atoms with van der Waals surface area (Å²) in [4.78, 5) is 12.4. The van der Waals surface area contributed by atoms with E-state index in [4.69, 9.17) is 4.74 Å². The molecule has 0 bridgehead atoms. The third-order valence-corrected chi connectivity index (χ3v) is 3.94. The SMILES string of the molecule is COc1cc(C)ccc1C(=O)NCc1nnc2n1CCCC2. The van der Waals surface area contributed by atoms with Gasteiger partial charge in [0.2, 0.25) is 0 Å². The fourth-order valence-corrected chi connectivity index (χ4v) is 2.74. The van der Waals surface area contributed by atoms with Crippen molar-refractivity contribution in [2.45, 2.75) is 39.3 Å². The molecule has 0 saturated heterocycles. The van der Waals surface area contributed by atoms with Crippen molar-refractivity contribution < 1.29 is 9.53 Å². The van der Waals surface area contributed by atoms with Crippen LogP contribution in [0.3, 0.4) is 0 Å². The van der Waals surface area contributed by atoms with Crippen LogP contribution in [0, 0.1) is 6.92 Å². The molecule has 6 heteroatoms. The maximum atomic E-state index is 12.4. The number of aromatic nitrogens is 3. The monoisotopic (exact) mass is 300 g/mol. The van der Waals surface area contributed by atoms with Gasteiger partial charge in [0.25, 0.3) is 5.91 Å². The summed E-state index contributed by atoms with van der Waals surface area (Å²) in [6, 6.07) is 5.53. The molecule has 1 aromatic carbocycles. The zero-order chi connectivity index (χ0) is 15.5. The average Bonchev–Trinajstić information content (AvgIpc) is 2.95. The lowest BCUT2D eigenvalue weighted by Gasteiger charge is -2.15. The summed E-state index contributed by atoms with van der Waals surface area (Å²) in [5.41, 5.74) is 1.59. The Kier molecular flexibility index (Phi) is 4.09. The molecule has 0 fully saturated rings. The Balaban J connectivity index is 1.71. The molecule has 0 aliphatic carbocycles. The van der Waals surface area contributed by atoms with E-state index in [-0.39, 0.29) is 5.91 Å². The second-order valence-corrected chi connectivity index (χ2v) is 5.53. The van der Waals surface area contributed by atoms with Gasteiger partial charge >= 0.3 is 0 Å². The van der Waals surface area contributed by atoms with Crippen molar-refractivity contribution in [1.29, 1.82) is 0 Å². The minimum atomic E-state index is -0.162. The lowest BCUT2D eigenvalue weighted by atomic mass is 10.1. The number of carbonyl (C=O) groups is 1. The summed E-state index contributed by atoms with van der Waals surface area (Å²) in [5, 5.41) is 11.3. The second kappa shape index (κ2) is 6.17. The van der Waals surface area contributed by atoms with Crippen molar-refractivity contribution in [2.24, 2.45) is 0 Å². The van der Waals surface area contributed by atoms with Crippen LogP contribution in [0.25, 0.3) is 0 Å². The topological polar surface area (TPSA) is 69.0 Å². The van der Waals surface area contributed by atoms with Gasteiger partial charge in [-0.25, -0.2) is 0 Å². The van der Waals surface area contributed by atoms with Crippen molar-refractivity contribution in [2.75, 3.05) is 7.11 Å². The number of nitrogens with zero attached hydrogens (tertiary/aromatic N) is 3. The molecule has 116 valence electrons.